The third-order valence-electron chi connectivity index (χ3n) is 4.56. The zero-order valence-electron chi connectivity index (χ0n) is 15.2. The van der Waals surface area contributed by atoms with Crippen LogP contribution in [0.3, 0.4) is 0 Å². The van der Waals surface area contributed by atoms with Crippen LogP contribution in [-0.2, 0) is 11.3 Å². The summed E-state index contributed by atoms with van der Waals surface area (Å²) < 4.78 is 23.3. The lowest BCUT2D eigenvalue weighted by Gasteiger charge is -2.32. The van der Waals surface area contributed by atoms with Gasteiger partial charge >= 0.3 is 0 Å². The van der Waals surface area contributed by atoms with Gasteiger partial charge in [0.25, 0.3) is 5.91 Å². The van der Waals surface area contributed by atoms with Gasteiger partial charge in [-0.05, 0) is 37.5 Å². The van der Waals surface area contributed by atoms with Crippen molar-refractivity contribution in [1.29, 1.82) is 0 Å². The average molecular weight is 374 g/mol. The fourth-order valence-electron chi connectivity index (χ4n) is 3.10. The van der Waals surface area contributed by atoms with E-state index in [2.05, 4.69) is 10.2 Å². The van der Waals surface area contributed by atoms with Gasteiger partial charge in [0.2, 0.25) is 11.2 Å². The van der Waals surface area contributed by atoms with Crippen molar-refractivity contribution >= 4 is 5.91 Å². The zero-order valence-corrected chi connectivity index (χ0v) is 15.2. The fraction of sp³-hybridized carbons (Fsp3) is 0.400. The van der Waals surface area contributed by atoms with Gasteiger partial charge in [0.05, 0.1) is 0 Å². The monoisotopic (exact) mass is 374 g/mol. The third kappa shape index (κ3) is 5.65. The molecule has 0 atom stereocenters. The Morgan fingerprint density at radius 3 is 2.67 bits per heavy atom. The van der Waals surface area contributed by atoms with Gasteiger partial charge in [-0.3, -0.25) is 14.5 Å². The topological polar surface area (TPSA) is 71.8 Å². The van der Waals surface area contributed by atoms with Crippen molar-refractivity contribution in [2.75, 3.05) is 19.7 Å². The largest absolute Gasteiger partial charge is 0.477 e. The number of rotatable bonds is 6. The van der Waals surface area contributed by atoms with Crippen molar-refractivity contribution < 1.29 is 18.3 Å². The van der Waals surface area contributed by atoms with Gasteiger partial charge < -0.3 is 14.5 Å². The second-order valence-electron chi connectivity index (χ2n) is 6.75. The molecule has 1 fully saturated rings. The summed E-state index contributed by atoms with van der Waals surface area (Å²) >= 11 is 0. The van der Waals surface area contributed by atoms with E-state index in [1.54, 1.807) is 19.1 Å². The van der Waals surface area contributed by atoms with Crippen molar-refractivity contribution in [2.24, 2.45) is 0 Å². The molecule has 7 heteroatoms. The number of aryl methyl sites for hydroxylation is 1. The number of carbonyl (C=O) groups excluding carboxylic acids is 1. The predicted octanol–water partition coefficient (Wildman–Crippen LogP) is 2.25. The molecule has 27 heavy (non-hydrogen) atoms. The van der Waals surface area contributed by atoms with Crippen LogP contribution in [0.25, 0.3) is 0 Å². The molecular formula is C20H23FN2O4. The molecule has 0 bridgehead atoms. The Morgan fingerprint density at radius 2 is 2.00 bits per heavy atom. The van der Waals surface area contributed by atoms with Gasteiger partial charge in [0.15, 0.2) is 6.61 Å². The van der Waals surface area contributed by atoms with E-state index in [-0.39, 0.29) is 35.6 Å². The molecule has 0 spiro atoms. The third-order valence-corrected chi connectivity index (χ3v) is 4.56. The Balaban J connectivity index is 1.40. The van der Waals surface area contributed by atoms with E-state index < -0.39 is 0 Å². The highest BCUT2D eigenvalue weighted by atomic mass is 19.1. The van der Waals surface area contributed by atoms with Crippen LogP contribution in [0.1, 0.15) is 24.2 Å². The van der Waals surface area contributed by atoms with E-state index >= 15 is 0 Å². The van der Waals surface area contributed by atoms with Gasteiger partial charge in [-0.25, -0.2) is 4.39 Å². The Labute approximate surface area is 156 Å². The number of halogens is 1. The Hall–Kier alpha value is -2.67. The summed E-state index contributed by atoms with van der Waals surface area (Å²) in [5.41, 5.74) is 0.768. The second kappa shape index (κ2) is 8.81. The molecule has 1 aliphatic rings. The molecule has 1 amide bonds. The molecule has 1 aromatic heterocycles. The minimum Gasteiger partial charge on any atom is -0.477 e. The minimum atomic E-state index is -0.305. The van der Waals surface area contributed by atoms with Crippen molar-refractivity contribution in [3.05, 3.63) is 64.0 Å². The first kappa shape index (κ1) is 19.1. The Bertz CT molecular complexity index is 827. The molecule has 2 aromatic rings. The number of nitrogens with zero attached hydrogens (tertiary/aromatic N) is 1. The van der Waals surface area contributed by atoms with Crippen LogP contribution in [0.15, 0.2) is 45.8 Å². The van der Waals surface area contributed by atoms with Crippen LogP contribution >= 0.6 is 0 Å². The first-order chi connectivity index (χ1) is 13.0. The highest BCUT2D eigenvalue weighted by molar-refractivity contribution is 5.77. The van der Waals surface area contributed by atoms with Crippen molar-refractivity contribution in [2.45, 2.75) is 32.4 Å². The number of nitrogens with one attached hydrogen (secondary N) is 1. The van der Waals surface area contributed by atoms with E-state index in [4.69, 9.17) is 9.15 Å². The Kier molecular flexibility index (Phi) is 6.24. The predicted molar refractivity (Wildman–Crippen MR) is 98.1 cm³/mol. The van der Waals surface area contributed by atoms with E-state index in [1.165, 1.54) is 24.5 Å². The number of piperidine rings is 1. The van der Waals surface area contributed by atoms with Crippen LogP contribution in [0.5, 0.6) is 5.75 Å². The SMILES string of the molecule is Cc1cc(=O)c(OCC(=O)NC2CCN(Cc3ccc(F)cc3)CC2)co1. The molecule has 1 aromatic carbocycles. The second-order valence-corrected chi connectivity index (χ2v) is 6.75. The molecule has 0 saturated carbocycles. The van der Waals surface area contributed by atoms with Gasteiger partial charge in [0, 0.05) is 31.7 Å². The lowest BCUT2D eigenvalue weighted by atomic mass is 10.0. The number of hydrogen-bond donors (Lipinski definition) is 1. The van der Waals surface area contributed by atoms with Crippen LogP contribution < -0.4 is 15.5 Å². The molecule has 3 rings (SSSR count). The summed E-state index contributed by atoms with van der Waals surface area (Å²) in [6, 6.07) is 7.93. The first-order valence-electron chi connectivity index (χ1n) is 8.98. The van der Waals surface area contributed by atoms with Crippen molar-refractivity contribution in [3.63, 3.8) is 0 Å². The maximum atomic E-state index is 13.0. The summed E-state index contributed by atoms with van der Waals surface area (Å²) in [5.74, 6) is 0.0341. The smallest absolute Gasteiger partial charge is 0.258 e. The zero-order chi connectivity index (χ0) is 19.2. The molecule has 144 valence electrons. The standard InChI is InChI=1S/C20H23FN2O4/c1-14-10-18(24)19(12-26-14)27-13-20(25)22-17-6-8-23(9-7-17)11-15-2-4-16(21)5-3-15/h2-5,10,12,17H,6-9,11,13H2,1H3,(H,22,25). The quantitative estimate of drug-likeness (QED) is 0.840. The summed E-state index contributed by atoms with van der Waals surface area (Å²) in [6.45, 7) is 3.92. The van der Waals surface area contributed by atoms with E-state index in [1.807, 2.05) is 0 Å². The van der Waals surface area contributed by atoms with Crippen LogP contribution in [0.4, 0.5) is 4.39 Å². The molecule has 1 aliphatic heterocycles. The lowest BCUT2D eigenvalue weighted by Crippen LogP contribution is -2.45. The molecular weight excluding hydrogens is 351 g/mol. The van der Waals surface area contributed by atoms with Gasteiger partial charge in [-0.15, -0.1) is 0 Å². The number of ether oxygens (including phenoxy) is 1. The summed E-state index contributed by atoms with van der Waals surface area (Å²) in [4.78, 5) is 26.0. The van der Waals surface area contributed by atoms with Crippen LogP contribution in [-0.4, -0.2) is 36.5 Å². The summed E-state index contributed by atoms with van der Waals surface area (Å²) in [7, 11) is 0. The summed E-state index contributed by atoms with van der Waals surface area (Å²) in [6.07, 6.45) is 2.89. The summed E-state index contributed by atoms with van der Waals surface area (Å²) in [5, 5.41) is 2.94. The number of likely N-dealkylation sites (tertiary alicyclic amines) is 1. The average Bonchev–Trinajstić information content (AvgIpc) is 2.64. The van der Waals surface area contributed by atoms with Crippen molar-refractivity contribution in [3.8, 4) is 5.75 Å². The van der Waals surface area contributed by atoms with E-state index in [0.717, 1.165) is 38.0 Å². The minimum absolute atomic E-state index is 0.0323. The molecule has 1 N–H and O–H groups in total. The molecule has 6 nitrogen and oxygen atoms in total. The maximum absolute atomic E-state index is 13.0. The van der Waals surface area contributed by atoms with E-state index in [0.29, 0.717) is 5.76 Å². The van der Waals surface area contributed by atoms with Gasteiger partial charge in [0.1, 0.15) is 17.8 Å². The van der Waals surface area contributed by atoms with Crippen LogP contribution in [0.2, 0.25) is 0 Å². The van der Waals surface area contributed by atoms with Crippen LogP contribution in [0, 0.1) is 12.7 Å². The van der Waals surface area contributed by atoms with Gasteiger partial charge in [-0.1, -0.05) is 12.1 Å². The lowest BCUT2D eigenvalue weighted by molar-refractivity contribution is -0.124. The molecule has 2 heterocycles. The first-order valence-corrected chi connectivity index (χ1v) is 8.98. The number of amides is 1. The highest BCUT2D eigenvalue weighted by Gasteiger charge is 2.21. The maximum Gasteiger partial charge on any atom is 0.258 e. The Morgan fingerprint density at radius 1 is 1.30 bits per heavy atom. The van der Waals surface area contributed by atoms with Gasteiger partial charge in [-0.2, -0.15) is 0 Å². The number of carbonyl (C=O) groups is 1. The fourth-order valence-corrected chi connectivity index (χ4v) is 3.10. The molecule has 0 aliphatic carbocycles. The normalized spacial score (nSPS) is 15.5. The molecule has 0 unspecified atom stereocenters. The van der Waals surface area contributed by atoms with Crippen molar-refractivity contribution in [1.82, 2.24) is 10.2 Å². The molecule has 1 saturated heterocycles. The van der Waals surface area contributed by atoms with E-state index in [9.17, 15) is 14.0 Å². The highest BCUT2D eigenvalue weighted by Crippen LogP contribution is 2.14. The number of hydrogen-bond acceptors (Lipinski definition) is 5. The number of benzene rings is 1. The molecule has 0 radical (unpaired) electrons.